The van der Waals surface area contributed by atoms with Gasteiger partial charge in [-0.05, 0) is 37.5 Å². The van der Waals surface area contributed by atoms with E-state index >= 15 is 0 Å². The largest absolute Gasteiger partial charge is 0.470 e. The second-order valence-electron chi connectivity index (χ2n) is 7.93. The maximum atomic E-state index is 6.22. The van der Waals surface area contributed by atoms with E-state index in [1.165, 1.54) is 43.0 Å². The van der Waals surface area contributed by atoms with E-state index in [1.54, 1.807) is 6.20 Å². The minimum atomic E-state index is 0.287. The van der Waals surface area contributed by atoms with Crippen molar-refractivity contribution in [2.45, 2.75) is 44.1 Å². The van der Waals surface area contributed by atoms with Crippen LogP contribution in [-0.2, 0) is 6.61 Å². The molecule has 0 aliphatic heterocycles. The molecule has 8 heteroatoms. The van der Waals surface area contributed by atoms with Gasteiger partial charge >= 0.3 is 0 Å². The molecular weight excluding hydrogens is 400 g/mol. The Morgan fingerprint density at radius 2 is 1.70 bits per heavy atom. The summed E-state index contributed by atoms with van der Waals surface area (Å²) in [6, 6.07) is 10.0. The van der Waals surface area contributed by atoms with Crippen LogP contribution >= 0.6 is 11.6 Å². The zero-order valence-corrected chi connectivity index (χ0v) is 17.0. The van der Waals surface area contributed by atoms with E-state index in [2.05, 4.69) is 20.2 Å². The molecule has 30 heavy (non-hydrogen) atoms. The number of aromatic nitrogens is 6. The minimum Gasteiger partial charge on any atom is -0.470 e. The van der Waals surface area contributed by atoms with Crippen molar-refractivity contribution < 1.29 is 4.74 Å². The van der Waals surface area contributed by atoms with Crippen molar-refractivity contribution >= 4 is 17.2 Å². The number of benzene rings is 1. The van der Waals surface area contributed by atoms with E-state index in [9.17, 15) is 0 Å². The van der Waals surface area contributed by atoms with Gasteiger partial charge in [0.1, 0.15) is 11.8 Å². The Labute approximate surface area is 178 Å². The van der Waals surface area contributed by atoms with Crippen molar-refractivity contribution in [2.75, 3.05) is 0 Å². The Hall–Kier alpha value is -3.06. The molecule has 0 N–H and O–H groups in total. The molecule has 1 fully saturated rings. The van der Waals surface area contributed by atoms with E-state index < -0.39 is 0 Å². The van der Waals surface area contributed by atoms with Crippen LogP contribution < -0.4 is 4.74 Å². The predicted octanol–water partition coefficient (Wildman–Crippen LogP) is 4.57. The molecule has 7 nitrogen and oxygen atoms in total. The summed E-state index contributed by atoms with van der Waals surface area (Å²) in [7, 11) is 0. The van der Waals surface area contributed by atoms with Gasteiger partial charge in [-0.3, -0.25) is 4.98 Å². The molecule has 7 rings (SSSR count). The van der Waals surface area contributed by atoms with Gasteiger partial charge in [0.2, 0.25) is 5.88 Å². The van der Waals surface area contributed by atoms with E-state index in [0.717, 1.165) is 17.0 Å². The van der Waals surface area contributed by atoms with Crippen LogP contribution in [0, 0.1) is 0 Å². The standard InChI is InChI=1S/C22H19ClN6O/c23-17-11-24-16(10-25-17)12-30-22-19-14-8-6-13(7-9-14)18(19)21-27-26-20(29(21)28-22)15-4-2-1-3-5-15/h1-5,10-11,13-14H,6-9,12H2. The summed E-state index contributed by atoms with van der Waals surface area (Å²) in [5, 5.41) is 14.3. The number of halogens is 1. The predicted molar refractivity (Wildman–Crippen MR) is 112 cm³/mol. The molecule has 0 radical (unpaired) electrons. The van der Waals surface area contributed by atoms with Crippen LogP contribution in [0.5, 0.6) is 5.88 Å². The summed E-state index contributed by atoms with van der Waals surface area (Å²) in [4.78, 5) is 8.38. The summed E-state index contributed by atoms with van der Waals surface area (Å²) in [6.07, 6.45) is 7.88. The van der Waals surface area contributed by atoms with Crippen LogP contribution in [-0.4, -0.2) is 29.8 Å². The fourth-order valence-corrected chi connectivity index (χ4v) is 4.92. The summed E-state index contributed by atoms with van der Waals surface area (Å²) in [5.41, 5.74) is 5.02. The molecule has 3 aliphatic carbocycles. The van der Waals surface area contributed by atoms with Gasteiger partial charge in [-0.15, -0.1) is 15.3 Å². The number of ether oxygens (including phenoxy) is 1. The summed E-state index contributed by atoms with van der Waals surface area (Å²) < 4.78 is 8.06. The maximum absolute atomic E-state index is 6.22. The number of nitrogens with zero attached hydrogens (tertiary/aromatic N) is 6. The van der Waals surface area contributed by atoms with E-state index in [0.29, 0.717) is 28.6 Å². The second kappa shape index (κ2) is 7.02. The molecule has 0 unspecified atom stereocenters. The molecule has 0 atom stereocenters. The first-order chi connectivity index (χ1) is 14.8. The van der Waals surface area contributed by atoms with Crippen LogP contribution in [0.1, 0.15) is 54.3 Å². The van der Waals surface area contributed by atoms with Crippen molar-refractivity contribution in [3.05, 3.63) is 64.7 Å². The third kappa shape index (κ3) is 2.84. The third-order valence-corrected chi connectivity index (χ3v) is 6.39. The lowest BCUT2D eigenvalue weighted by atomic mass is 9.67. The quantitative estimate of drug-likeness (QED) is 0.483. The molecule has 0 amide bonds. The number of hydrogen-bond acceptors (Lipinski definition) is 6. The van der Waals surface area contributed by atoms with Gasteiger partial charge in [-0.1, -0.05) is 41.9 Å². The van der Waals surface area contributed by atoms with Crippen molar-refractivity contribution in [3.8, 4) is 17.3 Å². The Balaban J connectivity index is 1.49. The number of fused-ring (bicyclic) bond motifs is 3. The highest BCUT2D eigenvalue weighted by molar-refractivity contribution is 6.29. The van der Waals surface area contributed by atoms with Crippen molar-refractivity contribution in [2.24, 2.45) is 0 Å². The Morgan fingerprint density at radius 1 is 0.933 bits per heavy atom. The van der Waals surface area contributed by atoms with Gasteiger partial charge in [0, 0.05) is 16.7 Å². The van der Waals surface area contributed by atoms with Crippen LogP contribution in [0.15, 0.2) is 42.7 Å². The average Bonchev–Trinajstić information content (AvgIpc) is 3.24. The topological polar surface area (TPSA) is 78.1 Å². The molecule has 4 aromatic rings. The zero-order chi connectivity index (χ0) is 20.1. The smallest absolute Gasteiger partial charge is 0.236 e. The molecule has 0 spiro atoms. The van der Waals surface area contributed by atoms with Gasteiger partial charge in [0.25, 0.3) is 0 Å². The second-order valence-corrected chi connectivity index (χ2v) is 8.31. The molecule has 2 bridgehead atoms. The molecule has 3 heterocycles. The lowest BCUT2D eigenvalue weighted by molar-refractivity contribution is 0.264. The van der Waals surface area contributed by atoms with Crippen LogP contribution in [0.25, 0.3) is 17.0 Å². The molecular formula is C22H19ClN6O. The summed E-state index contributed by atoms with van der Waals surface area (Å²) in [5.74, 6) is 2.33. The monoisotopic (exact) mass is 418 g/mol. The van der Waals surface area contributed by atoms with Crippen LogP contribution in [0.4, 0.5) is 0 Å². The number of rotatable bonds is 4. The van der Waals surface area contributed by atoms with E-state index in [-0.39, 0.29) is 6.61 Å². The van der Waals surface area contributed by atoms with Crippen molar-refractivity contribution in [1.29, 1.82) is 0 Å². The fourth-order valence-electron chi connectivity index (χ4n) is 4.82. The molecule has 3 aliphatic rings. The summed E-state index contributed by atoms with van der Waals surface area (Å²) >= 11 is 5.85. The highest BCUT2D eigenvalue weighted by atomic mass is 35.5. The number of hydrogen-bond donors (Lipinski definition) is 0. The molecule has 1 aromatic carbocycles. The van der Waals surface area contributed by atoms with Gasteiger partial charge in [0.05, 0.1) is 18.1 Å². The molecule has 150 valence electrons. The zero-order valence-electron chi connectivity index (χ0n) is 16.2. The SMILES string of the molecule is Clc1cnc(COc2nn3c(-c4ccccc4)nnc3c3c2C2CCC3CC2)cn1. The maximum Gasteiger partial charge on any atom is 0.236 e. The Morgan fingerprint density at radius 3 is 2.43 bits per heavy atom. The van der Waals surface area contributed by atoms with Crippen LogP contribution in [0.3, 0.4) is 0 Å². The first-order valence-electron chi connectivity index (χ1n) is 10.2. The molecule has 0 saturated heterocycles. The lowest BCUT2D eigenvalue weighted by Crippen LogP contribution is -2.25. The highest BCUT2D eigenvalue weighted by Crippen LogP contribution is 2.53. The van der Waals surface area contributed by atoms with Gasteiger partial charge in [0.15, 0.2) is 11.5 Å². The van der Waals surface area contributed by atoms with E-state index in [1.807, 2.05) is 34.8 Å². The van der Waals surface area contributed by atoms with Gasteiger partial charge in [-0.25, -0.2) is 4.98 Å². The molecule has 3 aromatic heterocycles. The lowest BCUT2D eigenvalue weighted by Gasteiger charge is -2.38. The van der Waals surface area contributed by atoms with Crippen LogP contribution in [0.2, 0.25) is 5.15 Å². The highest BCUT2D eigenvalue weighted by Gasteiger charge is 2.39. The van der Waals surface area contributed by atoms with Gasteiger partial charge in [-0.2, -0.15) is 4.52 Å². The first kappa shape index (κ1) is 17.8. The van der Waals surface area contributed by atoms with Crippen molar-refractivity contribution in [1.82, 2.24) is 29.8 Å². The van der Waals surface area contributed by atoms with Crippen molar-refractivity contribution in [3.63, 3.8) is 0 Å². The molecule has 1 saturated carbocycles. The first-order valence-corrected chi connectivity index (χ1v) is 10.6. The minimum absolute atomic E-state index is 0.287. The fraction of sp³-hybridized carbons (Fsp3) is 0.318. The van der Waals surface area contributed by atoms with Gasteiger partial charge < -0.3 is 4.74 Å². The summed E-state index contributed by atoms with van der Waals surface area (Å²) in [6.45, 7) is 0.287. The Kier molecular flexibility index (Phi) is 4.16. The average molecular weight is 419 g/mol. The third-order valence-electron chi connectivity index (χ3n) is 6.20. The normalized spacial score (nSPS) is 19.8. The Bertz CT molecular complexity index is 1220. The van der Waals surface area contributed by atoms with E-state index in [4.69, 9.17) is 21.4 Å².